The van der Waals surface area contributed by atoms with Crippen LogP contribution >= 0.6 is 0 Å². The minimum absolute atomic E-state index is 0.0897. The largest absolute Gasteiger partial charge is 0.491 e. The lowest BCUT2D eigenvalue weighted by molar-refractivity contribution is -0.0940. The number of methoxy groups -OCH3 is 1. The van der Waals surface area contributed by atoms with Gasteiger partial charge in [-0.25, -0.2) is 4.39 Å². The van der Waals surface area contributed by atoms with Crippen LogP contribution in [0.4, 0.5) is 8.78 Å². The summed E-state index contributed by atoms with van der Waals surface area (Å²) in [6.07, 6.45) is 2.73. The van der Waals surface area contributed by atoms with E-state index >= 15 is 0 Å². The Balaban J connectivity index is 1.83. The average Bonchev–Trinajstić information content (AvgIpc) is 2.69. The summed E-state index contributed by atoms with van der Waals surface area (Å²) in [5, 5.41) is 11.0. The summed E-state index contributed by atoms with van der Waals surface area (Å²) in [5.41, 5.74) is 0.398. The monoisotopic (exact) mass is 376 g/mol. The third-order valence-corrected chi connectivity index (χ3v) is 5.71. The SMILES string of the molecule is CCOc1ccc(-c2ccc(C3(O)CCC(C)(OC)CC3)cc2)c(F)c1F. The summed E-state index contributed by atoms with van der Waals surface area (Å²) in [6, 6.07) is 9.96. The Labute approximate surface area is 158 Å². The summed E-state index contributed by atoms with van der Waals surface area (Å²) >= 11 is 0. The molecule has 146 valence electrons. The van der Waals surface area contributed by atoms with Crippen molar-refractivity contribution in [1.82, 2.24) is 0 Å². The number of ether oxygens (including phenoxy) is 2. The molecular formula is C22H26F2O3. The van der Waals surface area contributed by atoms with Crippen molar-refractivity contribution < 1.29 is 23.4 Å². The van der Waals surface area contributed by atoms with E-state index in [1.54, 1.807) is 38.3 Å². The Hall–Kier alpha value is -1.98. The lowest BCUT2D eigenvalue weighted by Crippen LogP contribution is -2.40. The first kappa shape index (κ1) is 19.8. The summed E-state index contributed by atoms with van der Waals surface area (Å²) < 4.78 is 39.2. The van der Waals surface area contributed by atoms with Crippen molar-refractivity contribution in [2.45, 2.75) is 50.7 Å². The van der Waals surface area contributed by atoms with Gasteiger partial charge in [0, 0.05) is 12.7 Å². The Kier molecular flexibility index (Phi) is 5.54. The van der Waals surface area contributed by atoms with Crippen molar-refractivity contribution in [3.8, 4) is 16.9 Å². The summed E-state index contributed by atoms with van der Waals surface area (Å²) in [7, 11) is 1.70. The predicted molar refractivity (Wildman–Crippen MR) is 101 cm³/mol. The second-order valence-electron chi connectivity index (χ2n) is 7.44. The molecule has 2 aromatic carbocycles. The Morgan fingerprint density at radius 3 is 2.15 bits per heavy atom. The van der Waals surface area contributed by atoms with E-state index in [-0.39, 0.29) is 23.5 Å². The zero-order valence-corrected chi connectivity index (χ0v) is 16.0. The van der Waals surface area contributed by atoms with E-state index in [1.165, 1.54) is 12.1 Å². The normalized spacial score (nSPS) is 25.4. The van der Waals surface area contributed by atoms with Crippen molar-refractivity contribution in [2.75, 3.05) is 13.7 Å². The second kappa shape index (κ2) is 7.56. The molecule has 0 saturated heterocycles. The molecule has 0 unspecified atom stereocenters. The Morgan fingerprint density at radius 2 is 1.59 bits per heavy atom. The maximum absolute atomic E-state index is 14.4. The van der Waals surface area contributed by atoms with Gasteiger partial charge in [-0.2, -0.15) is 4.39 Å². The lowest BCUT2D eigenvalue weighted by atomic mass is 9.73. The zero-order valence-electron chi connectivity index (χ0n) is 16.0. The molecule has 0 spiro atoms. The van der Waals surface area contributed by atoms with Crippen LogP contribution in [0, 0.1) is 11.6 Å². The van der Waals surface area contributed by atoms with Gasteiger partial charge >= 0.3 is 0 Å². The molecule has 0 atom stereocenters. The molecule has 0 heterocycles. The highest BCUT2D eigenvalue weighted by Gasteiger charge is 2.40. The number of hydrogen-bond acceptors (Lipinski definition) is 3. The highest BCUT2D eigenvalue weighted by molar-refractivity contribution is 5.65. The van der Waals surface area contributed by atoms with E-state index in [4.69, 9.17) is 9.47 Å². The van der Waals surface area contributed by atoms with Gasteiger partial charge in [0.2, 0.25) is 5.82 Å². The molecule has 27 heavy (non-hydrogen) atoms. The summed E-state index contributed by atoms with van der Waals surface area (Å²) in [5.74, 6) is -2.00. The molecule has 1 fully saturated rings. The average molecular weight is 376 g/mol. The maximum Gasteiger partial charge on any atom is 0.201 e. The van der Waals surface area contributed by atoms with E-state index in [9.17, 15) is 13.9 Å². The molecule has 5 heteroatoms. The standard InChI is InChI=1S/C22H26F2O3/c1-4-27-18-10-9-17(19(23)20(18)24)15-5-7-16(8-6-15)22(25)13-11-21(2,26-3)12-14-22/h5-10,25H,4,11-14H2,1-3H3. The fourth-order valence-electron chi connectivity index (χ4n) is 3.67. The van der Waals surface area contributed by atoms with E-state index in [0.717, 1.165) is 18.4 Å². The van der Waals surface area contributed by atoms with Crippen LogP contribution in [0.5, 0.6) is 5.75 Å². The molecule has 0 amide bonds. The molecule has 1 aliphatic carbocycles. The van der Waals surface area contributed by atoms with Crippen molar-refractivity contribution in [3.05, 3.63) is 53.6 Å². The highest BCUT2D eigenvalue weighted by atomic mass is 19.2. The van der Waals surface area contributed by atoms with Crippen molar-refractivity contribution in [2.24, 2.45) is 0 Å². The van der Waals surface area contributed by atoms with Gasteiger partial charge in [-0.05, 0) is 62.8 Å². The molecule has 1 N–H and O–H groups in total. The Morgan fingerprint density at radius 1 is 0.963 bits per heavy atom. The van der Waals surface area contributed by atoms with Gasteiger partial charge in [-0.15, -0.1) is 0 Å². The van der Waals surface area contributed by atoms with Crippen LogP contribution in [0.1, 0.15) is 45.1 Å². The molecule has 0 radical (unpaired) electrons. The zero-order chi connectivity index (χ0) is 19.7. The highest BCUT2D eigenvalue weighted by Crippen LogP contribution is 2.43. The number of benzene rings is 2. The third-order valence-electron chi connectivity index (χ3n) is 5.71. The fraction of sp³-hybridized carbons (Fsp3) is 0.455. The van der Waals surface area contributed by atoms with Crippen LogP contribution in [0.15, 0.2) is 36.4 Å². The quantitative estimate of drug-likeness (QED) is 0.780. The van der Waals surface area contributed by atoms with Gasteiger partial charge < -0.3 is 14.6 Å². The lowest BCUT2D eigenvalue weighted by Gasteiger charge is -2.41. The van der Waals surface area contributed by atoms with Gasteiger partial charge in [0.15, 0.2) is 11.6 Å². The van der Waals surface area contributed by atoms with Crippen molar-refractivity contribution in [3.63, 3.8) is 0 Å². The van der Waals surface area contributed by atoms with Crippen LogP contribution < -0.4 is 4.74 Å². The second-order valence-corrected chi connectivity index (χ2v) is 7.44. The van der Waals surface area contributed by atoms with Crippen LogP contribution in [0.25, 0.3) is 11.1 Å². The number of aliphatic hydroxyl groups is 1. The molecule has 3 rings (SSSR count). The van der Waals surface area contributed by atoms with E-state index in [0.29, 0.717) is 18.4 Å². The summed E-state index contributed by atoms with van der Waals surface area (Å²) in [4.78, 5) is 0. The topological polar surface area (TPSA) is 38.7 Å². The van der Waals surface area contributed by atoms with Crippen LogP contribution in [-0.4, -0.2) is 24.4 Å². The predicted octanol–water partition coefficient (Wildman–Crippen LogP) is 5.20. The van der Waals surface area contributed by atoms with Crippen LogP contribution in [-0.2, 0) is 10.3 Å². The van der Waals surface area contributed by atoms with Crippen LogP contribution in [0.3, 0.4) is 0 Å². The fourth-order valence-corrected chi connectivity index (χ4v) is 3.67. The minimum Gasteiger partial charge on any atom is -0.491 e. The molecular weight excluding hydrogens is 350 g/mol. The maximum atomic E-state index is 14.4. The van der Waals surface area contributed by atoms with Gasteiger partial charge in [-0.3, -0.25) is 0 Å². The minimum atomic E-state index is -0.983. The smallest absolute Gasteiger partial charge is 0.201 e. The van der Waals surface area contributed by atoms with Crippen LogP contribution in [0.2, 0.25) is 0 Å². The molecule has 2 aromatic rings. The van der Waals surface area contributed by atoms with Gasteiger partial charge in [-0.1, -0.05) is 24.3 Å². The first-order valence-corrected chi connectivity index (χ1v) is 9.31. The molecule has 0 aromatic heterocycles. The van der Waals surface area contributed by atoms with Crippen molar-refractivity contribution in [1.29, 1.82) is 0 Å². The van der Waals surface area contributed by atoms with Gasteiger partial charge in [0.05, 0.1) is 17.8 Å². The number of halogens is 2. The molecule has 0 bridgehead atoms. The molecule has 1 aliphatic rings. The van der Waals surface area contributed by atoms with Gasteiger partial charge in [0.1, 0.15) is 0 Å². The third kappa shape index (κ3) is 3.85. The molecule has 0 aliphatic heterocycles. The first-order chi connectivity index (χ1) is 12.8. The van der Waals surface area contributed by atoms with E-state index in [2.05, 4.69) is 6.92 Å². The number of rotatable bonds is 5. The summed E-state index contributed by atoms with van der Waals surface area (Å²) in [6.45, 7) is 4.04. The van der Waals surface area contributed by atoms with E-state index < -0.39 is 17.2 Å². The Bertz CT molecular complexity index is 794. The molecule has 3 nitrogen and oxygen atoms in total. The van der Waals surface area contributed by atoms with Crippen molar-refractivity contribution >= 4 is 0 Å². The molecule has 1 saturated carbocycles. The first-order valence-electron chi connectivity index (χ1n) is 9.31. The number of hydrogen-bond donors (Lipinski definition) is 1. The van der Waals surface area contributed by atoms with E-state index in [1.807, 2.05) is 0 Å². The van der Waals surface area contributed by atoms with Gasteiger partial charge in [0.25, 0.3) is 0 Å².